The molecule has 1 N–H and O–H groups in total. The number of aromatic nitrogens is 2. The van der Waals surface area contributed by atoms with Gasteiger partial charge < -0.3 is 5.32 Å². The third-order valence-corrected chi connectivity index (χ3v) is 5.16. The second kappa shape index (κ2) is 6.20. The molecule has 0 radical (unpaired) electrons. The van der Waals surface area contributed by atoms with Crippen LogP contribution in [0.25, 0.3) is 0 Å². The van der Waals surface area contributed by atoms with Crippen molar-refractivity contribution in [1.29, 1.82) is 0 Å². The lowest BCUT2D eigenvalue weighted by Gasteiger charge is -2.19. The minimum Gasteiger partial charge on any atom is -0.319 e. The van der Waals surface area contributed by atoms with Crippen molar-refractivity contribution in [3.8, 4) is 0 Å². The van der Waals surface area contributed by atoms with Gasteiger partial charge in [-0.3, -0.25) is 4.68 Å². The highest BCUT2D eigenvalue weighted by Gasteiger charge is 2.28. The van der Waals surface area contributed by atoms with E-state index in [1.165, 1.54) is 35.1 Å². The molecule has 0 aromatic carbocycles. The molecule has 0 saturated heterocycles. The monoisotopic (exact) mass is 313 g/mol. The molecule has 2 rings (SSSR count). The normalized spacial score (nSPS) is 23.8. The van der Waals surface area contributed by atoms with Crippen LogP contribution in [0.5, 0.6) is 0 Å². The molecule has 3 nitrogen and oxygen atoms in total. The zero-order valence-electron chi connectivity index (χ0n) is 11.7. The highest BCUT2D eigenvalue weighted by molar-refractivity contribution is 9.10. The lowest BCUT2D eigenvalue weighted by Crippen LogP contribution is -2.23. The molecular formula is C14H24BrN3. The summed E-state index contributed by atoms with van der Waals surface area (Å²) in [6.07, 6.45) is 6.29. The Morgan fingerprint density at radius 1 is 1.39 bits per heavy atom. The highest BCUT2D eigenvalue weighted by atomic mass is 79.9. The predicted octanol–water partition coefficient (Wildman–Crippen LogP) is 2.92. The maximum atomic E-state index is 4.60. The van der Waals surface area contributed by atoms with Gasteiger partial charge in [0.05, 0.1) is 15.9 Å². The Morgan fingerprint density at radius 3 is 2.72 bits per heavy atom. The summed E-state index contributed by atoms with van der Waals surface area (Å²) >= 11 is 3.73. The van der Waals surface area contributed by atoms with Gasteiger partial charge in [-0.2, -0.15) is 5.10 Å². The van der Waals surface area contributed by atoms with E-state index >= 15 is 0 Å². The van der Waals surface area contributed by atoms with Gasteiger partial charge in [0.2, 0.25) is 0 Å². The first kappa shape index (κ1) is 14.1. The third kappa shape index (κ3) is 2.80. The van der Waals surface area contributed by atoms with Crippen molar-refractivity contribution in [3.63, 3.8) is 0 Å². The molecule has 0 amide bonds. The number of hydrogen-bond donors (Lipinski definition) is 1. The van der Waals surface area contributed by atoms with Crippen LogP contribution in [0.3, 0.4) is 0 Å². The van der Waals surface area contributed by atoms with Crippen LogP contribution < -0.4 is 5.32 Å². The molecule has 1 aliphatic carbocycles. The van der Waals surface area contributed by atoms with Gasteiger partial charge in [0, 0.05) is 7.05 Å². The Balaban J connectivity index is 2.11. The minimum atomic E-state index is 0.814. The molecule has 1 aromatic rings. The number of hydrogen-bond acceptors (Lipinski definition) is 2. The van der Waals surface area contributed by atoms with E-state index < -0.39 is 0 Å². The van der Waals surface area contributed by atoms with Gasteiger partial charge in [0.1, 0.15) is 0 Å². The van der Waals surface area contributed by atoms with Gasteiger partial charge in [-0.1, -0.05) is 13.3 Å². The summed E-state index contributed by atoms with van der Waals surface area (Å²) < 4.78 is 3.31. The second-order valence-electron chi connectivity index (χ2n) is 5.40. The Labute approximate surface area is 118 Å². The zero-order chi connectivity index (χ0) is 13.1. The van der Waals surface area contributed by atoms with Gasteiger partial charge >= 0.3 is 0 Å². The Kier molecular flexibility index (Phi) is 4.84. The zero-order valence-corrected chi connectivity index (χ0v) is 13.3. The molecule has 102 valence electrons. The fraction of sp³-hybridized carbons (Fsp3) is 0.786. The highest BCUT2D eigenvalue weighted by Crippen LogP contribution is 2.35. The van der Waals surface area contributed by atoms with Crippen LogP contribution in [-0.2, 0) is 19.9 Å². The molecule has 4 heteroatoms. The summed E-state index contributed by atoms with van der Waals surface area (Å²) in [7, 11) is 4.13. The van der Waals surface area contributed by atoms with E-state index in [-0.39, 0.29) is 0 Å². The second-order valence-corrected chi connectivity index (χ2v) is 6.19. The van der Waals surface area contributed by atoms with E-state index in [1.54, 1.807) is 0 Å². The molecule has 18 heavy (non-hydrogen) atoms. The number of nitrogens with zero attached hydrogens (tertiary/aromatic N) is 2. The summed E-state index contributed by atoms with van der Waals surface area (Å²) in [6, 6.07) is 0. The summed E-state index contributed by atoms with van der Waals surface area (Å²) in [6.45, 7) is 3.32. The van der Waals surface area contributed by atoms with E-state index in [1.807, 2.05) is 0 Å². The summed E-state index contributed by atoms with van der Waals surface area (Å²) in [5.74, 6) is 1.65. The van der Waals surface area contributed by atoms with Crippen LogP contribution >= 0.6 is 15.9 Å². The first-order chi connectivity index (χ1) is 8.67. The molecule has 1 heterocycles. The number of nitrogens with one attached hydrogen (secondary N) is 1. The van der Waals surface area contributed by atoms with Gasteiger partial charge in [0.25, 0.3) is 0 Å². The largest absolute Gasteiger partial charge is 0.319 e. The van der Waals surface area contributed by atoms with E-state index in [2.05, 4.69) is 52.0 Å². The summed E-state index contributed by atoms with van der Waals surface area (Å²) in [5, 5.41) is 7.93. The van der Waals surface area contributed by atoms with E-state index in [0.717, 1.165) is 31.2 Å². The van der Waals surface area contributed by atoms with Crippen LogP contribution in [0.1, 0.15) is 37.6 Å². The molecule has 1 aromatic heterocycles. The lowest BCUT2D eigenvalue weighted by atomic mass is 9.91. The lowest BCUT2D eigenvalue weighted by molar-refractivity contribution is 0.367. The number of rotatable bonds is 5. The van der Waals surface area contributed by atoms with Crippen molar-refractivity contribution in [1.82, 2.24) is 15.1 Å². The fourth-order valence-electron chi connectivity index (χ4n) is 3.20. The molecule has 0 bridgehead atoms. The van der Waals surface area contributed by atoms with Crippen molar-refractivity contribution >= 4 is 15.9 Å². The van der Waals surface area contributed by atoms with Gasteiger partial charge in [-0.15, -0.1) is 0 Å². The number of halogens is 1. The van der Waals surface area contributed by atoms with Crippen LogP contribution in [0, 0.1) is 11.8 Å². The Hall–Kier alpha value is -0.350. The molecule has 0 aliphatic heterocycles. The van der Waals surface area contributed by atoms with Crippen molar-refractivity contribution in [2.24, 2.45) is 18.9 Å². The minimum absolute atomic E-state index is 0.814. The van der Waals surface area contributed by atoms with Crippen molar-refractivity contribution in [2.45, 2.75) is 39.0 Å². The maximum Gasteiger partial charge on any atom is 0.0766 e. The molecule has 0 spiro atoms. The smallest absolute Gasteiger partial charge is 0.0766 e. The first-order valence-corrected chi connectivity index (χ1v) is 7.81. The molecule has 1 saturated carbocycles. The van der Waals surface area contributed by atoms with Gasteiger partial charge in [0.15, 0.2) is 0 Å². The maximum absolute atomic E-state index is 4.60. The van der Waals surface area contributed by atoms with Gasteiger partial charge in [-0.25, -0.2) is 0 Å². The SMILES string of the molecule is CCc1nn(C)c(CC2CCCC2CNC)c1Br. The molecule has 2 unspecified atom stereocenters. The van der Waals surface area contributed by atoms with E-state index in [9.17, 15) is 0 Å². The Bertz CT molecular complexity index is 400. The quantitative estimate of drug-likeness (QED) is 0.905. The summed E-state index contributed by atoms with van der Waals surface area (Å²) in [4.78, 5) is 0. The molecule has 2 atom stereocenters. The number of aryl methyl sites for hydroxylation is 2. The molecular weight excluding hydrogens is 290 g/mol. The third-order valence-electron chi connectivity index (χ3n) is 4.24. The van der Waals surface area contributed by atoms with Crippen molar-refractivity contribution in [3.05, 3.63) is 15.9 Å². The average molecular weight is 314 g/mol. The van der Waals surface area contributed by atoms with E-state index in [0.29, 0.717) is 0 Å². The Morgan fingerprint density at radius 2 is 2.11 bits per heavy atom. The average Bonchev–Trinajstić information content (AvgIpc) is 2.89. The first-order valence-electron chi connectivity index (χ1n) is 7.02. The van der Waals surface area contributed by atoms with Crippen LogP contribution in [0.15, 0.2) is 4.47 Å². The standard InChI is InChI=1S/C14H24BrN3/c1-4-12-14(15)13(18(3)17-12)8-10-6-5-7-11(10)9-16-2/h10-11,16H,4-9H2,1-3H3. The van der Waals surface area contributed by atoms with Gasteiger partial charge in [-0.05, 0) is 67.0 Å². The fourth-order valence-corrected chi connectivity index (χ4v) is 3.98. The molecule has 1 fully saturated rings. The topological polar surface area (TPSA) is 29.9 Å². The molecule has 1 aliphatic rings. The van der Waals surface area contributed by atoms with E-state index in [4.69, 9.17) is 0 Å². The van der Waals surface area contributed by atoms with Crippen molar-refractivity contribution in [2.75, 3.05) is 13.6 Å². The predicted molar refractivity (Wildman–Crippen MR) is 78.7 cm³/mol. The van der Waals surface area contributed by atoms with Crippen LogP contribution in [0.2, 0.25) is 0 Å². The summed E-state index contributed by atoms with van der Waals surface area (Å²) in [5.41, 5.74) is 2.57. The van der Waals surface area contributed by atoms with Crippen LogP contribution in [-0.4, -0.2) is 23.4 Å². The van der Waals surface area contributed by atoms with Crippen molar-refractivity contribution < 1.29 is 0 Å². The van der Waals surface area contributed by atoms with Crippen LogP contribution in [0.4, 0.5) is 0 Å².